The van der Waals surface area contributed by atoms with Gasteiger partial charge in [0.05, 0.1) is 0 Å². The van der Waals surface area contributed by atoms with Crippen LogP contribution < -0.4 is 16.4 Å². The smallest absolute Gasteiger partial charge is 0.408 e. The summed E-state index contributed by atoms with van der Waals surface area (Å²) in [6.45, 7) is 12.6. The Morgan fingerprint density at radius 2 is 1.68 bits per heavy atom. The molecule has 1 aromatic carbocycles. The summed E-state index contributed by atoms with van der Waals surface area (Å²) in [6, 6.07) is 5.52. The Kier molecular flexibility index (Phi) is 10.7. The summed E-state index contributed by atoms with van der Waals surface area (Å²) in [5.74, 6) is -1.35. The third-order valence-corrected chi connectivity index (χ3v) is 6.44. The van der Waals surface area contributed by atoms with Gasteiger partial charge in [-0.25, -0.2) is 4.79 Å². The number of carbonyl (C=O) groups is 4. The van der Waals surface area contributed by atoms with Crippen LogP contribution in [0.15, 0.2) is 24.3 Å². The molecule has 0 saturated heterocycles. The molecular formula is C29H46N4O5. The third-order valence-electron chi connectivity index (χ3n) is 6.44. The predicted octanol–water partition coefficient (Wildman–Crippen LogP) is 4.27. The molecule has 4 amide bonds. The number of nitrogens with zero attached hydrogens (tertiary/aromatic N) is 1. The van der Waals surface area contributed by atoms with Gasteiger partial charge in [0.25, 0.3) is 0 Å². The highest BCUT2D eigenvalue weighted by Crippen LogP contribution is 2.32. The molecule has 212 valence electrons. The molecule has 4 N–H and O–H groups in total. The first-order valence-electron chi connectivity index (χ1n) is 13.6. The molecule has 0 spiro atoms. The fourth-order valence-corrected chi connectivity index (χ4v) is 4.79. The molecule has 2 atom stereocenters. The second kappa shape index (κ2) is 13.1. The van der Waals surface area contributed by atoms with E-state index in [1.165, 1.54) is 4.90 Å². The van der Waals surface area contributed by atoms with E-state index in [9.17, 15) is 19.2 Å². The Balaban J connectivity index is 2.51. The van der Waals surface area contributed by atoms with Gasteiger partial charge in [0.1, 0.15) is 17.7 Å². The van der Waals surface area contributed by atoms with Gasteiger partial charge in [-0.05, 0) is 73.3 Å². The molecular weight excluding hydrogens is 484 g/mol. The summed E-state index contributed by atoms with van der Waals surface area (Å²) >= 11 is 0. The van der Waals surface area contributed by atoms with Gasteiger partial charge < -0.3 is 26.0 Å². The summed E-state index contributed by atoms with van der Waals surface area (Å²) < 4.78 is 5.38. The van der Waals surface area contributed by atoms with E-state index >= 15 is 0 Å². The van der Waals surface area contributed by atoms with Gasteiger partial charge in [-0.3, -0.25) is 14.4 Å². The number of hydrogen-bond acceptors (Lipinski definition) is 5. The van der Waals surface area contributed by atoms with E-state index in [-0.39, 0.29) is 24.8 Å². The normalized spacial score (nSPS) is 16.2. The maximum absolute atomic E-state index is 14.2. The maximum Gasteiger partial charge on any atom is 0.408 e. The molecule has 2 unspecified atom stereocenters. The number of rotatable bonds is 9. The van der Waals surface area contributed by atoms with Gasteiger partial charge in [0.15, 0.2) is 0 Å². The number of ether oxygens (including phenoxy) is 1. The van der Waals surface area contributed by atoms with Crippen LogP contribution >= 0.6 is 0 Å². The highest BCUT2D eigenvalue weighted by atomic mass is 16.6. The molecule has 1 saturated carbocycles. The fraction of sp³-hybridized carbons (Fsp3) is 0.655. The van der Waals surface area contributed by atoms with Crippen LogP contribution in [0.2, 0.25) is 0 Å². The van der Waals surface area contributed by atoms with Crippen LogP contribution in [0.3, 0.4) is 0 Å². The summed E-state index contributed by atoms with van der Waals surface area (Å²) in [4.78, 5) is 54.0. The Morgan fingerprint density at radius 1 is 1.05 bits per heavy atom. The van der Waals surface area contributed by atoms with Gasteiger partial charge in [0.2, 0.25) is 17.7 Å². The largest absolute Gasteiger partial charge is 0.444 e. The number of alkyl carbamates (subject to hydrolysis) is 1. The van der Waals surface area contributed by atoms with E-state index in [1.807, 2.05) is 52.0 Å². The molecule has 1 aliphatic rings. The minimum absolute atomic E-state index is 0.0230. The van der Waals surface area contributed by atoms with Gasteiger partial charge in [-0.15, -0.1) is 0 Å². The average Bonchev–Trinajstić information content (AvgIpc) is 2.78. The van der Waals surface area contributed by atoms with Crippen molar-refractivity contribution >= 4 is 23.8 Å². The summed E-state index contributed by atoms with van der Waals surface area (Å²) in [5.41, 5.74) is 5.42. The molecule has 0 radical (unpaired) electrons. The van der Waals surface area contributed by atoms with E-state index in [0.29, 0.717) is 5.56 Å². The lowest BCUT2D eigenvalue weighted by Crippen LogP contribution is -2.59. The van der Waals surface area contributed by atoms with Crippen molar-refractivity contribution in [1.29, 1.82) is 0 Å². The number of amides is 4. The highest BCUT2D eigenvalue weighted by molar-refractivity contribution is 5.93. The van der Waals surface area contributed by atoms with Gasteiger partial charge in [-0.1, -0.05) is 49.1 Å². The minimum Gasteiger partial charge on any atom is -0.444 e. The van der Waals surface area contributed by atoms with Crippen LogP contribution in [0.1, 0.15) is 104 Å². The summed E-state index contributed by atoms with van der Waals surface area (Å²) in [5, 5.41) is 5.81. The van der Waals surface area contributed by atoms with Crippen LogP contribution in [0, 0.1) is 6.92 Å². The van der Waals surface area contributed by atoms with Crippen molar-refractivity contribution in [2.75, 3.05) is 0 Å². The Bertz CT molecular complexity index is 989. The lowest BCUT2D eigenvalue weighted by atomic mass is 9.92. The SMILES string of the molecule is Cc1cccc(C(C(=O)NC2CCCCC2)N(C(=O)C(CCC(N)=O)NC(=O)OC(C)(C)C)C(C)(C)C)c1. The zero-order valence-electron chi connectivity index (χ0n) is 24.1. The zero-order chi connectivity index (χ0) is 28.7. The summed E-state index contributed by atoms with van der Waals surface area (Å²) in [6.07, 6.45) is 4.13. The van der Waals surface area contributed by atoms with Crippen LogP contribution in [0.5, 0.6) is 0 Å². The number of carbonyl (C=O) groups excluding carboxylic acids is 4. The highest BCUT2D eigenvalue weighted by Gasteiger charge is 2.42. The number of nitrogens with two attached hydrogens (primary N) is 1. The molecule has 0 aromatic heterocycles. The molecule has 2 rings (SSSR count). The minimum atomic E-state index is -1.12. The monoisotopic (exact) mass is 530 g/mol. The Morgan fingerprint density at radius 3 is 2.21 bits per heavy atom. The molecule has 0 aliphatic heterocycles. The number of nitrogens with one attached hydrogen (secondary N) is 2. The first-order chi connectivity index (χ1) is 17.6. The standard InChI is InChI=1S/C29H46N4O5/c1-19-12-11-13-20(18-19)24(25(35)31-21-14-9-8-10-15-21)33(28(2,3)4)26(36)22(16-17-23(30)34)32-27(37)38-29(5,6)7/h11-13,18,21-22,24H,8-10,14-17H2,1-7H3,(H2,30,34)(H,31,35)(H,32,37). The molecule has 38 heavy (non-hydrogen) atoms. The van der Waals surface area contributed by atoms with Crippen molar-refractivity contribution in [1.82, 2.24) is 15.5 Å². The number of primary amides is 1. The second-order valence-electron chi connectivity index (χ2n) is 12.2. The molecule has 1 aromatic rings. The Hall–Kier alpha value is -3.10. The Labute approximate surface area is 227 Å². The first kappa shape index (κ1) is 31.1. The topological polar surface area (TPSA) is 131 Å². The number of benzene rings is 1. The van der Waals surface area contributed by atoms with Crippen molar-refractivity contribution in [3.05, 3.63) is 35.4 Å². The molecule has 0 heterocycles. The van der Waals surface area contributed by atoms with Gasteiger partial charge >= 0.3 is 6.09 Å². The van der Waals surface area contributed by atoms with Crippen LogP contribution in [0.4, 0.5) is 4.79 Å². The number of aryl methyl sites for hydroxylation is 1. The van der Waals surface area contributed by atoms with Crippen LogP contribution in [-0.4, -0.2) is 51.9 Å². The zero-order valence-corrected chi connectivity index (χ0v) is 24.1. The molecule has 9 nitrogen and oxygen atoms in total. The van der Waals surface area contributed by atoms with Gasteiger partial charge in [-0.2, -0.15) is 0 Å². The second-order valence-corrected chi connectivity index (χ2v) is 12.2. The lowest BCUT2D eigenvalue weighted by molar-refractivity contribution is -0.149. The van der Waals surface area contributed by atoms with Gasteiger partial charge in [0, 0.05) is 18.0 Å². The van der Waals surface area contributed by atoms with E-state index in [0.717, 1.165) is 37.7 Å². The van der Waals surface area contributed by atoms with Crippen molar-refractivity contribution < 1.29 is 23.9 Å². The van der Waals surface area contributed by atoms with E-state index in [4.69, 9.17) is 10.5 Å². The van der Waals surface area contributed by atoms with Crippen LogP contribution in [-0.2, 0) is 19.1 Å². The number of hydrogen-bond donors (Lipinski definition) is 3. The molecule has 0 bridgehead atoms. The third kappa shape index (κ3) is 9.65. The summed E-state index contributed by atoms with van der Waals surface area (Å²) in [7, 11) is 0. The molecule has 1 aliphatic carbocycles. The molecule has 9 heteroatoms. The lowest BCUT2D eigenvalue weighted by Gasteiger charge is -2.43. The van der Waals surface area contributed by atoms with E-state index in [2.05, 4.69) is 10.6 Å². The molecule has 1 fully saturated rings. The van der Waals surface area contributed by atoms with E-state index < -0.39 is 41.1 Å². The first-order valence-corrected chi connectivity index (χ1v) is 13.6. The van der Waals surface area contributed by atoms with Crippen molar-refractivity contribution in [2.24, 2.45) is 5.73 Å². The predicted molar refractivity (Wildman–Crippen MR) is 147 cm³/mol. The van der Waals surface area contributed by atoms with Crippen LogP contribution in [0.25, 0.3) is 0 Å². The average molecular weight is 531 g/mol. The van der Waals surface area contributed by atoms with Crippen molar-refractivity contribution in [3.8, 4) is 0 Å². The van der Waals surface area contributed by atoms with Crippen molar-refractivity contribution in [3.63, 3.8) is 0 Å². The fourth-order valence-electron chi connectivity index (χ4n) is 4.79. The maximum atomic E-state index is 14.2. The quantitative estimate of drug-likeness (QED) is 0.439. The van der Waals surface area contributed by atoms with E-state index in [1.54, 1.807) is 20.8 Å². The van der Waals surface area contributed by atoms with Crippen molar-refractivity contribution in [2.45, 2.75) is 123 Å².